The molecule has 2 bridgehead atoms. The number of aliphatic hydroxyl groups excluding tert-OH is 1. The number of phosphoric acid groups is 2. The van der Waals surface area contributed by atoms with Crippen LogP contribution in [0.3, 0.4) is 0 Å². The van der Waals surface area contributed by atoms with Crippen LogP contribution in [0.15, 0.2) is 162 Å². The Hall–Kier alpha value is -10.8. The van der Waals surface area contributed by atoms with E-state index in [1.807, 2.05) is 0 Å². The number of fused-ring (bicyclic) bond motifs is 10. The molecule has 1 heterocycles. The molecule has 5 saturated carbocycles. The number of aliphatic hydroxyl groups is 2. The van der Waals surface area contributed by atoms with E-state index in [4.69, 9.17) is 37.7 Å². The number of allylic oxidation sites excluding steroid dienone is 1. The number of rotatable bonds is 40. The summed E-state index contributed by atoms with van der Waals surface area (Å²) >= 11 is 0. The third kappa shape index (κ3) is 23.9. The van der Waals surface area contributed by atoms with Gasteiger partial charge in [-0.05, 0) is 201 Å². The van der Waals surface area contributed by atoms with Gasteiger partial charge in [0.2, 0.25) is 17.9 Å². The number of phosphoric ester groups is 2. The average molecular weight is 1980 g/mol. The number of Topliss-reactive ketones (excluding diaryl/α,β-unsaturated/α-hetero) is 2. The zero-order valence-corrected chi connectivity index (χ0v) is 82.7. The number of benzene rings is 5. The van der Waals surface area contributed by atoms with Crippen molar-refractivity contribution in [2.75, 3.05) is 13.2 Å². The van der Waals surface area contributed by atoms with Crippen molar-refractivity contribution in [1.29, 1.82) is 0 Å². The molecule has 0 aromatic heterocycles. The van der Waals surface area contributed by atoms with E-state index < -0.39 is 214 Å². The van der Waals surface area contributed by atoms with Gasteiger partial charge in [0.15, 0.2) is 23.3 Å². The van der Waals surface area contributed by atoms with Crippen molar-refractivity contribution in [2.24, 2.45) is 69.0 Å². The second-order valence-corrected chi connectivity index (χ2v) is 43.4. The first kappa shape index (κ1) is 107. The van der Waals surface area contributed by atoms with Crippen molar-refractivity contribution in [3.8, 4) is 11.5 Å². The molecule has 5 aromatic rings. The third-order valence-corrected chi connectivity index (χ3v) is 32.3. The Morgan fingerprint density at radius 2 is 1.26 bits per heavy atom. The number of carbonyl (C=O) groups is 12. The van der Waals surface area contributed by atoms with Crippen molar-refractivity contribution in [3.63, 3.8) is 0 Å². The predicted molar refractivity (Wildman–Crippen MR) is 506 cm³/mol. The summed E-state index contributed by atoms with van der Waals surface area (Å²) in [5, 5.41) is 48.3. The van der Waals surface area contributed by atoms with Gasteiger partial charge >= 0.3 is 57.6 Å². The number of aliphatic carboxylic acids is 1. The summed E-state index contributed by atoms with van der Waals surface area (Å²) in [5.41, 5.74) is -6.55. The molecule has 8 aliphatic rings. The number of hydrogen-bond donors (Lipinski definition) is 11. The highest BCUT2D eigenvalue weighted by atomic mass is 31.2. The second kappa shape index (κ2) is 44.0. The Labute approximate surface area is 814 Å². The van der Waals surface area contributed by atoms with Gasteiger partial charge in [0.05, 0.1) is 42.1 Å². The number of carbonyl (C=O) groups excluding carboxylic acids is 11. The second-order valence-electron chi connectivity index (χ2n) is 41.0. The first-order chi connectivity index (χ1) is 66.1. The van der Waals surface area contributed by atoms with Crippen LogP contribution in [0.25, 0.3) is 0 Å². The Morgan fingerprint density at radius 1 is 0.643 bits per heavy atom. The van der Waals surface area contributed by atoms with Gasteiger partial charge < -0.3 is 78.8 Å². The van der Waals surface area contributed by atoms with Gasteiger partial charge in [0, 0.05) is 75.8 Å². The summed E-state index contributed by atoms with van der Waals surface area (Å²) in [6.45, 7) is 19.2. The molecule has 0 spiro atoms. The van der Waals surface area contributed by atoms with Crippen LogP contribution in [0.1, 0.15) is 242 Å². The van der Waals surface area contributed by atoms with E-state index in [0.29, 0.717) is 53.9 Å². The van der Waals surface area contributed by atoms with E-state index >= 15 is 14.4 Å². The van der Waals surface area contributed by atoms with Crippen molar-refractivity contribution >= 4 is 86.8 Å². The minimum atomic E-state index is -5.02. The molecule has 34 nitrogen and oxygen atoms in total. The minimum Gasteiger partial charge on any atom is -0.480 e. The number of nitrogens with one attached hydrogen (secondary N) is 4. The first-order valence-electron chi connectivity index (χ1n) is 48.4. The lowest BCUT2D eigenvalue weighted by Crippen LogP contribution is -2.82. The highest BCUT2D eigenvalue weighted by molar-refractivity contribution is 7.47. The van der Waals surface area contributed by atoms with Crippen LogP contribution in [-0.2, 0) is 98.3 Å². The topological polar surface area (TPSA) is 512 Å². The fourth-order valence-electron chi connectivity index (χ4n) is 24.2. The number of ether oxygens (including phenoxy) is 7. The van der Waals surface area contributed by atoms with E-state index in [1.165, 1.54) is 157 Å². The van der Waals surface area contributed by atoms with Gasteiger partial charge in [0.25, 0.3) is 5.91 Å². The molecule has 5 aromatic carbocycles. The molecule has 6 unspecified atom stereocenters. The quantitative estimate of drug-likeness (QED) is 0.00570. The van der Waals surface area contributed by atoms with Crippen molar-refractivity contribution < 1.29 is 144 Å². The Morgan fingerprint density at radius 3 is 1.84 bits per heavy atom. The molecule has 140 heavy (non-hydrogen) atoms. The maximum atomic E-state index is 16.1. The Bertz CT molecular complexity index is 5550. The molecule has 6 fully saturated rings. The summed E-state index contributed by atoms with van der Waals surface area (Å²) in [4.78, 5) is 213. The molecule has 13 rings (SSSR count). The van der Waals surface area contributed by atoms with E-state index in [0.717, 1.165) is 33.1 Å². The monoisotopic (exact) mass is 1980 g/mol. The highest BCUT2D eigenvalue weighted by Gasteiger charge is 2.79. The van der Waals surface area contributed by atoms with Gasteiger partial charge in [0.1, 0.15) is 53.6 Å². The number of hydrogen-bond acceptors (Lipinski definition) is 25. The number of carboxylic acid groups (broad SMARTS) is 1. The van der Waals surface area contributed by atoms with Crippen molar-refractivity contribution in [1.82, 2.24) is 21.3 Å². The lowest BCUT2D eigenvalue weighted by molar-refractivity contribution is -0.346. The highest BCUT2D eigenvalue weighted by Crippen LogP contribution is 2.69. The third-order valence-electron chi connectivity index (χ3n) is 31.4. The van der Waals surface area contributed by atoms with Crippen LogP contribution in [0.2, 0.25) is 0 Å². The molecule has 758 valence electrons. The molecule has 4 amide bonds. The van der Waals surface area contributed by atoms with Crippen LogP contribution < -0.4 is 30.3 Å². The number of unbranched alkanes of at least 4 members (excludes halogenated alkanes) is 1. The van der Waals surface area contributed by atoms with Crippen molar-refractivity contribution in [3.05, 3.63) is 190 Å². The summed E-state index contributed by atoms with van der Waals surface area (Å²) in [5.74, 6) is -11.1. The fourth-order valence-corrected chi connectivity index (χ4v) is 25.0. The first-order valence-corrected chi connectivity index (χ1v) is 51.5. The largest absolute Gasteiger partial charge is 0.524 e. The normalized spacial score (nSPS) is 28.3. The molecule has 1 saturated heterocycles. The standard InChI is InChI=1S/C104H132N4O30P2/c1-59(2)24-23-25-60(3)75-43-44-76-74-42-37-70-55-73(47-49-100(70,9)77(74)48-50-101(75,76)10)132-98(122)107-78(52-64-33-38-71(39-34-64)137-139(124,125)126)80(111)54-69(94(117)106-79(95(118)119)53-65-35-40-72(41-36-65)138-140(127,128)129)32-21-22-51-105-84(113)45-46-85(114)134-89(87(66-26-15-12-16-27-66)108-93(116)67-28-17-13-18-29-67)97(121)133-81-57-104(123)92(135-96(120)68-30-19-14-20-31-68)90-102(11,82(112)56-83-103(90,58-130-83)136-63(6)110)91(115)88(131-62(5)109)86(61(81)4)99(104,7)8/h12-20,26-31,33-41,59-60,69,73-79,81-83,87-90,92,112,123H,21-25,32,42-58H2,1-11H3,(H,105,113)(H,106,117)(H,107,122)(H,108,116)(H,118,119)(H2,124,125,126)(H2,127,128,129)/t60-,69+,73?,74+,75?,76+,77+,78?,79?,81-,82-,83+,87-,88+,89+,90?,92?,100+,101-,102+,103-,104-/m1/s1. The number of carboxylic acids is 1. The smallest absolute Gasteiger partial charge is 0.480 e. The van der Waals surface area contributed by atoms with Gasteiger partial charge in [-0.3, -0.25) is 57.9 Å². The van der Waals surface area contributed by atoms with Gasteiger partial charge in [-0.15, -0.1) is 0 Å². The maximum absolute atomic E-state index is 16.1. The molecule has 7 aliphatic carbocycles. The lowest BCUT2D eigenvalue weighted by Gasteiger charge is -2.67. The number of alkyl carbamates (subject to hydrolysis) is 1. The summed E-state index contributed by atoms with van der Waals surface area (Å²) in [6.07, 6.45) is -2.59. The maximum Gasteiger partial charge on any atom is 0.524 e. The van der Waals surface area contributed by atoms with Crippen LogP contribution in [0.4, 0.5) is 4.79 Å². The number of esters is 5. The van der Waals surface area contributed by atoms with Gasteiger partial charge in [-0.1, -0.05) is 177 Å². The molecular weight excluding hydrogens is 1850 g/mol. The minimum absolute atomic E-state index is 0.00337. The van der Waals surface area contributed by atoms with Crippen LogP contribution in [-0.4, -0.2) is 185 Å². The lowest BCUT2D eigenvalue weighted by atomic mass is 9.44. The summed E-state index contributed by atoms with van der Waals surface area (Å²) in [6, 6.07) is 28.8. The molecule has 11 N–H and O–H groups in total. The Balaban J connectivity index is 0.733. The molecule has 36 heteroatoms. The van der Waals surface area contributed by atoms with Crippen molar-refractivity contribution in [2.45, 2.75) is 283 Å². The number of ketones is 2. The van der Waals surface area contributed by atoms with Crippen LogP contribution >= 0.6 is 15.6 Å². The number of amides is 4. The molecule has 0 radical (unpaired) electrons. The zero-order valence-electron chi connectivity index (χ0n) is 80.9. The van der Waals surface area contributed by atoms with E-state index in [9.17, 15) is 87.2 Å². The zero-order chi connectivity index (χ0) is 102. The Kier molecular flexibility index (Phi) is 33.4. The van der Waals surface area contributed by atoms with Gasteiger partial charge in [-0.2, -0.15) is 0 Å². The van der Waals surface area contributed by atoms with E-state index in [1.54, 1.807) is 54.6 Å². The van der Waals surface area contributed by atoms with Crippen LogP contribution in [0, 0.1) is 69.0 Å². The predicted octanol–water partition coefficient (Wildman–Crippen LogP) is 13.4. The molecule has 22 atom stereocenters. The summed E-state index contributed by atoms with van der Waals surface area (Å²) < 4.78 is 76.6. The fraction of sp³-hybridized carbons (Fsp3) is 0.558. The van der Waals surface area contributed by atoms with E-state index in [-0.39, 0.29) is 101 Å². The summed E-state index contributed by atoms with van der Waals surface area (Å²) in [7, 11) is -10.0. The SMILES string of the molecule is CC(=O)O[C@@H]1C(=O)[C@]2(C)C(C(OC(=O)c3ccccc3)[C@]3(O)C[C@@H](OC(=O)[C@@H](OC(=O)CCC(=O)NCCCC[C@@H](CC(=O)C(Cc4ccc(OP(=O)(O)O)cc4)NC(=O)OC4CC[C@@]5(C)C(=CC[C@@H]6[C@@H]5CC[C@]5(C)C([C@H](C)CCCC(C)C)CC[C@@H]65)C4)C(=O)NC(Cc4ccc(OP(=O)(O)O)cc4)C(=O)O)[C@H](NC(=O)c4ccccc4)c4ccccc4)C(C)=C1C3(C)C)[C@@]1(OC(C)=O)CO[C@H]1C[C@H]2O. The molecular formula is C104H132N4O30P2. The average Bonchev–Trinajstić information content (AvgIpc) is 0.749. The van der Waals surface area contributed by atoms with E-state index in [2.05, 4.69) is 66.5 Å². The van der Waals surface area contributed by atoms with Crippen LogP contribution in [0.5, 0.6) is 11.5 Å². The molecule has 1 aliphatic heterocycles. The van der Waals surface area contributed by atoms with Gasteiger partial charge in [-0.25, -0.2) is 28.3 Å².